The second-order valence-corrected chi connectivity index (χ2v) is 7.79. The highest BCUT2D eigenvalue weighted by Crippen LogP contribution is 2.40. The summed E-state index contributed by atoms with van der Waals surface area (Å²) < 4.78 is 27.3. The topological polar surface area (TPSA) is 63.4 Å². The van der Waals surface area contributed by atoms with Crippen LogP contribution in [0.2, 0.25) is 0 Å². The Kier molecular flexibility index (Phi) is 3.60. The summed E-state index contributed by atoms with van der Waals surface area (Å²) in [4.78, 5) is 0.405. The van der Waals surface area contributed by atoms with Crippen LogP contribution >= 0.6 is 0 Å². The Morgan fingerprint density at radius 1 is 1.30 bits per heavy atom. The van der Waals surface area contributed by atoms with Crippen LogP contribution in [-0.2, 0) is 23.0 Å². The molecular weight excluding hydrogens is 272 g/mol. The first-order valence-electron chi connectivity index (χ1n) is 7.40. The summed E-state index contributed by atoms with van der Waals surface area (Å²) in [6, 6.07) is 5.63. The Morgan fingerprint density at radius 2 is 2.10 bits per heavy atom. The first kappa shape index (κ1) is 14.0. The molecule has 1 aromatic rings. The quantitative estimate of drug-likeness (QED) is 0.922. The highest BCUT2D eigenvalue weighted by atomic mass is 32.2. The Bertz CT molecular complexity index is 612. The number of aryl methyl sites for hydroxylation is 1. The standard InChI is InChI=1S/C15H22N2O2S/c1-2-12-4-6-15(8-13(12)9-16)20(18,19)17-10-11-3-5-14(17)7-11/h4,6,8,11,14H,2-3,5,7,9-10,16H2,1H3. The molecule has 2 N–H and O–H groups in total. The lowest BCUT2D eigenvalue weighted by atomic mass is 10.1. The molecule has 2 aliphatic rings. The van der Waals surface area contributed by atoms with Crippen molar-refractivity contribution in [2.24, 2.45) is 11.7 Å². The van der Waals surface area contributed by atoms with Gasteiger partial charge in [-0.2, -0.15) is 4.31 Å². The van der Waals surface area contributed by atoms with Gasteiger partial charge in [-0.1, -0.05) is 13.0 Å². The number of rotatable bonds is 4. The van der Waals surface area contributed by atoms with Crippen LogP contribution in [0.3, 0.4) is 0 Å². The fraction of sp³-hybridized carbons (Fsp3) is 0.600. The summed E-state index contributed by atoms with van der Waals surface area (Å²) in [5, 5.41) is 0. The van der Waals surface area contributed by atoms with Crippen LogP contribution in [0.1, 0.15) is 37.3 Å². The molecule has 2 bridgehead atoms. The van der Waals surface area contributed by atoms with E-state index in [1.807, 2.05) is 6.07 Å². The zero-order valence-electron chi connectivity index (χ0n) is 11.9. The summed E-state index contributed by atoms with van der Waals surface area (Å²) in [6.45, 7) is 3.14. The normalized spacial score (nSPS) is 26.3. The molecule has 3 rings (SSSR count). The molecule has 0 spiro atoms. The van der Waals surface area contributed by atoms with Gasteiger partial charge in [0.05, 0.1) is 4.90 Å². The van der Waals surface area contributed by atoms with Crippen LogP contribution in [0.25, 0.3) is 0 Å². The molecule has 5 heteroatoms. The average Bonchev–Trinajstić information content (AvgIpc) is 3.09. The third-order valence-electron chi connectivity index (χ3n) is 4.74. The minimum Gasteiger partial charge on any atom is -0.326 e. The number of nitrogens with zero attached hydrogens (tertiary/aromatic N) is 1. The SMILES string of the molecule is CCc1ccc(S(=O)(=O)N2CC3CCC2C3)cc1CN. The number of piperidine rings is 1. The van der Waals surface area contributed by atoms with Crippen LogP contribution in [0, 0.1) is 5.92 Å². The van der Waals surface area contributed by atoms with Gasteiger partial charge in [0.1, 0.15) is 0 Å². The van der Waals surface area contributed by atoms with Crippen molar-refractivity contribution in [3.63, 3.8) is 0 Å². The highest BCUT2D eigenvalue weighted by molar-refractivity contribution is 7.89. The second kappa shape index (κ2) is 5.13. The Hall–Kier alpha value is -0.910. The van der Waals surface area contributed by atoms with Crippen molar-refractivity contribution >= 4 is 10.0 Å². The van der Waals surface area contributed by atoms with E-state index in [1.165, 1.54) is 6.42 Å². The molecule has 110 valence electrons. The molecule has 4 nitrogen and oxygen atoms in total. The third-order valence-corrected chi connectivity index (χ3v) is 6.66. The van der Waals surface area contributed by atoms with Crippen molar-refractivity contribution in [2.75, 3.05) is 6.54 Å². The molecule has 0 amide bonds. The molecule has 0 aromatic heterocycles. The first-order valence-corrected chi connectivity index (χ1v) is 8.84. The van der Waals surface area contributed by atoms with Crippen molar-refractivity contribution in [2.45, 2.75) is 50.1 Å². The van der Waals surface area contributed by atoms with Crippen LogP contribution in [-0.4, -0.2) is 25.3 Å². The zero-order valence-corrected chi connectivity index (χ0v) is 12.7. The van der Waals surface area contributed by atoms with Crippen molar-refractivity contribution < 1.29 is 8.42 Å². The van der Waals surface area contributed by atoms with Crippen molar-refractivity contribution in [1.82, 2.24) is 4.31 Å². The fourth-order valence-electron chi connectivity index (χ4n) is 3.61. The molecule has 1 saturated carbocycles. The number of fused-ring (bicyclic) bond motifs is 2. The largest absolute Gasteiger partial charge is 0.326 e. The van der Waals surface area contributed by atoms with Gasteiger partial charge >= 0.3 is 0 Å². The number of hydrogen-bond acceptors (Lipinski definition) is 3. The summed E-state index contributed by atoms with van der Waals surface area (Å²) >= 11 is 0. The monoisotopic (exact) mass is 294 g/mol. The maximum atomic E-state index is 12.8. The molecule has 2 unspecified atom stereocenters. The summed E-state index contributed by atoms with van der Waals surface area (Å²) in [6.07, 6.45) is 4.11. The highest BCUT2D eigenvalue weighted by Gasteiger charge is 2.44. The molecule has 1 heterocycles. The summed E-state index contributed by atoms with van der Waals surface area (Å²) in [5.41, 5.74) is 7.82. The lowest BCUT2D eigenvalue weighted by Crippen LogP contribution is -2.37. The Balaban J connectivity index is 1.95. The van der Waals surface area contributed by atoms with E-state index in [-0.39, 0.29) is 6.04 Å². The predicted octanol–water partition coefficient (Wildman–Crippen LogP) is 1.88. The number of nitrogens with two attached hydrogens (primary N) is 1. The molecule has 1 aromatic carbocycles. The average molecular weight is 294 g/mol. The van der Waals surface area contributed by atoms with Gasteiger partial charge in [0, 0.05) is 19.1 Å². The predicted molar refractivity (Wildman–Crippen MR) is 78.7 cm³/mol. The number of sulfonamides is 1. The molecule has 20 heavy (non-hydrogen) atoms. The van der Waals surface area contributed by atoms with Gasteiger partial charge in [-0.15, -0.1) is 0 Å². The molecule has 0 radical (unpaired) electrons. The molecule has 2 fully saturated rings. The van der Waals surface area contributed by atoms with E-state index in [1.54, 1.807) is 16.4 Å². The first-order chi connectivity index (χ1) is 9.56. The van der Waals surface area contributed by atoms with E-state index in [0.717, 1.165) is 30.4 Å². The molecule has 1 saturated heterocycles. The van der Waals surface area contributed by atoms with Crippen LogP contribution in [0.5, 0.6) is 0 Å². The van der Waals surface area contributed by atoms with Gasteiger partial charge < -0.3 is 5.73 Å². The molecule has 1 aliphatic carbocycles. The van der Waals surface area contributed by atoms with Gasteiger partial charge in [-0.25, -0.2) is 8.42 Å². The number of benzene rings is 1. The van der Waals surface area contributed by atoms with Gasteiger partial charge in [0.25, 0.3) is 0 Å². The summed E-state index contributed by atoms with van der Waals surface area (Å²) in [7, 11) is -3.35. The smallest absolute Gasteiger partial charge is 0.243 e. The summed E-state index contributed by atoms with van der Waals surface area (Å²) in [5.74, 6) is 0.568. The van der Waals surface area contributed by atoms with E-state index in [2.05, 4.69) is 6.92 Å². The van der Waals surface area contributed by atoms with Crippen molar-refractivity contribution in [3.8, 4) is 0 Å². The van der Waals surface area contributed by atoms with Gasteiger partial charge in [0.2, 0.25) is 10.0 Å². The zero-order chi connectivity index (χ0) is 14.3. The minimum atomic E-state index is -3.35. The van der Waals surface area contributed by atoms with Crippen molar-refractivity contribution in [1.29, 1.82) is 0 Å². The van der Waals surface area contributed by atoms with E-state index >= 15 is 0 Å². The van der Waals surface area contributed by atoms with Crippen LogP contribution in [0.4, 0.5) is 0 Å². The van der Waals surface area contributed by atoms with E-state index in [9.17, 15) is 8.42 Å². The lowest BCUT2D eigenvalue weighted by Gasteiger charge is -2.26. The minimum absolute atomic E-state index is 0.220. The third kappa shape index (κ3) is 2.18. The maximum absolute atomic E-state index is 12.8. The lowest BCUT2D eigenvalue weighted by molar-refractivity contribution is 0.333. The van der Waals surface area contributed by atoms with Gasteiger partial charge in [-0.05, 0) is 54.9 Å². The Morgan fingerprint density at radius 3 is 2.65 bits per heavy atom. The van der Waals surface area contributed by atoms with E-state index in [4.69, 9.17) is 5.73 Å². The van der Waals surface area contributed by atoms with Crippen LogP contribution < -0.4 is 5.73 Å². The van der Waals surface area contributed by atoms with Gasteiger partial charge in [0.15, 0.2) is 0 Å². The second-order valence-electron chi connectivity index (χ2n) is 5.90. The van der Waals surface area contributed by atoms with Crippen LogP contribution in [0.15, 0.2) is 23.1 Å². The van der Waals surface area contributed by atoms with E-state index in [0.29, 0.717) is 23.9 Å². The molecule has 1 aliphatic heterocycles. The Labute approximate surface area is 121 Å². The van der Waals surface area contributed by atoms with Crippen molar-refractivity contribution in [3.05, 3.63) is 29.3 Å². The molecule has 2 atom stereocenters. The van der Waals surface area contributed by atoms with Gasteiger partial charge in [-0.3, -0.25) is 0 Å². The van der Waals surface area contributed by atoms with E-state index < -0.39 is 10.0 Å². The fourth-order valence-corrected chi connectivity index (χ4v) is 5.40. The maximum Gasteiger partial charge on any atom is 0.243 e. The molecular formula is C15H22N2O2S. The number of hydrogen-bond donors (Lipinski definition) is 1.